The average molecular weight is 372 g/mol. The maximum Gasteiger partial charge on any atom is 0.262 e. The topological polar surface area (TPSA) is 56.2 Å². The first kappa shape index (κ1) is 21.0. The number of aryl methyl sites for hydroxylation is 2. The number of nitrogens with zero attached hydrogens (tertiary/aromatic N) is 2. The van der Waals surface area contributed by atoms with Gasteiger partial charge in [-0.25, -0.2) is 0 Å². The average Bonchev–Trinajstić information content (AvgIpc) is 2.77. The van der Waals surface area contributed by atoms with Gasteiger partial charge in [-0.3, -0.25) is 9.48 Å². The fraction of sp³-hybridized carbons (Fsp3) is 0.545. The van der Waals surface area contributed by atoms with Crippen LogP contribution in [-0.4, -0.2) is 22.3 Å². The first-order valence-corrected chi connectivity index (χ1v) is 9.38. The molecule has 0 atom stereocenters. The highest BCUT2D eigenvalue weighted by atomic mass is 16.5. The van der Waals surface area contributed by atoms with Crippen LogP contribution in [-0.2, 0) is 22.7 Å². The van der Waals surface area contributed by atoms with Crippen molar-refractivity contribution in [2.75, 3.05) is 11.9 Å². The second kappa shape index (κ2) is 7.37. The van der Waals surface area contributed by atoms with Gasteiger partial charge in [-0.05, 0) is 47.9 Å². The van der Waals surface area contributed by atoms with Crippen molar-refractivity contribution in [1.29, 1.82) is 0 Å². The Morgan fingerprint density at radius 1 is 1.04 bits per heavy atom. The maximum atomic E-state index is 12.4. The summed E-state index contributed by atoms with van der Waals surface area (Å²) in [7, 11) is 1.86. The van der Waals surface area contributed by atoms with Crippen LogP contribution >= 0.6 is 0 Å². The summed E-state index contributed by atoms with van der Waals surface area (Å²) in [6.45, 7) is 16.9. The minimum absolute atomic E-state index is 0.00552. The summed E-state index contributed by atoms with van der Waals surface area (Å²) in [6.07, 6.45) is 0. The second-order valence-electron chi connectivity index (χ2n) is 9.25. The smallest absolute Gasteiger partial charge is 0.262 e. The fourth-order valence-electron chi connectivity index (χ4n) is 2.83. The minimum Gasteiger partial charge on any atom is -0.484 e. The van der Waals surface area contributed by atoms with Crippen LogP contribution in [0.3, 0.4) is 0 Å². The molecule has 5 heteroatoms. The zero-order valence-corrected chi connectivity index (χ0v) is 18.2. The standard InChI is InChI=1S/C22H33N3O2/c1-14-20(15(2)25(9)24-14)23-19(26)13-27-18-11-16(21(3,4)5)10-17(12-18)22(6,7)8/h10-12H,13H2,1-9H3,(H,23,26). The van der Waals surface area contributed by atoms with E-state index in [1.165, 1.54) is 11.1 Å². The maximum absolute atomic E-state index is 12.4. The highest BCUT2D eigenvalue weighted by molar-refractivity contribution is 5.93. The quantitative estimate of drug-likeness (QED) is 0.851. The van der Waals surface area contributed by atoms with Gasteiger partial charge in [-0.15, -0.1) is 0 Å². The van der Waals surface area contributed by atoms with Gasteiger partial charge in [0, 0.05) is 7.05 Å². The molecule has 0 aliphatic heterocycles. The predicted molar refractivity (Wildman–Crippen MR) is 111 cm³/mol. The van der Waals surface area contributed by atoms with Crippen LogP contribution < -0.4 is 10.1 Å². The van der Waals surface area contributed by atoms with E-state index in [-0.39, 0.29) is 23.3 Å². The summed E-state index contributed by atoms with van der Waals surface area (Å²) < 4.78 is 7.62. The highest BCUT2D eigenvalue weighted by Crippen LogP contribution is 2.33. The molecule has 27 heavy (non-hydrogen) atoms. The Bertz CT molecular complexity index is 804. The normalized spacial score (nSPS) is 12.2. The Labute approximate surface area is 163 Å². The summed E-state index contributed by atoms with van der Waals surface area (Å²) in [5.74, 6) is 0.537. The molecule has 2 rings (SSSR count). The SMILES string of the molecule is Cc1nn(C)c(C)c1NC(=O)COc1cc(C(C)(C)C)cc(C(C)(C)C)c1. The number of hydrogen-bond donors (Lipinski definition) is 1. The number of ether oxygens (including phenoxy) is 1. The van der Waals surface area contributed by atoms with Crippen molar-refractivity contribution in [3.63, 3.8) is 0 Å². The number of benzene rings is 1. The highest BCUT2D eigenvalue weighted by Gasteiger charge is 2.21. The zero-order chi connectivity index (χ0) is 20.6. The van der Waals surface area contributed by atoms with Crippen LogP contribution in [0.25, 0.3) is 0 Å². The summed E-state index contributed by atoms with van der Waals surface area (Å²) in [5.41, 5.74) is 4.88. The Morgan fingerprint density at radius 3 is 1.96 bits per heavy atom. The van der Waals surface area contributed by atoms with Gasteiger partial charge in [0.25, 0.3) is 5.91 Å². The lowest BCUT2D eigenvalue weighted by Gasteiger charge is -2.26. The molecule has 0 radical (unpaired) electrons. The molecule has 0 unspecified atom stereocenters. The third-order valence-electron chi connectivity index (χ3n) is 4.78. The van der Waals surface area contributed by atoms with Gasteiger partial charge < -0.3 is 10.1 Å². The third kappa shape index (κ3) is 5.12. The Balaban J connectivity index is 2.18. The number of amides is 1. The molecule has 148 valence electrons. The first-order valence-electron chi connectivity index (χ1n) is 9.38. The molecular formula is C22H33N3O2. The van der Waals surface area contributed by atoms with Gasteiger partial charge in [0.1, 0.15) is 5.75 Å². The summed E-state index contributed by atoms with van der Waals surface area (Å²) in [6, 6.07) is 6.29. The predicted octanol–water partition coefficient (Wildman–Crippen LogP) is 4.65. The summed E-state index contributed by atoms with van der Waals surface area (Å²) in [4.78, 5) is 12.4. The lowest BCUT2D eigenvalue weighted by atomic mass is 9.80. The Hall–Kier alpha value is -2.30. The van der Waals surface area contributed by atoms with E-state index in [1.807, 2.05) is 33.0 Å². The van der Waals surface area contributed by atoms with Crippen molar-refractivity contribution in [3.8, 4) is 5.75 Å². The van der Waals surface area contributed by atoms with Crippen molar-refractivity contribution in [2.24, 2.45) is 7.05 Å². The molecule has 0 fully saturated rings. The Morgan fingerprint density at radius 2 is 1.56 bits per heavy atom. The molecule has 1 aromatic carbocycles. The van der Waals surface area contributed by atoms with Crippen LogP contribution in [0.1, 0.15) is 64.1 Å². The number of rotatable bonds is 4. The number of hydrogen-bond acceptors (Lipinski definition) is 3. The number of anilines is 1. The monoisotopic (exact) mass is 371 g/mol. The van der Waals surface area contributed by atoms with Crippen molar-refractivity contribution in [1.82, 2.24) is 9.78 Å². The third-order valence-corrected chi connectivity index (χ3v) is 4.78. The molecule has 0 spiro atoms. The van der Waals surface area contributed by atoms with Gasteiger partial charge in [0.15, 0.2) is 6.61 Å². The molecule has 0 saturated heterocycles. The number of aromatic nitrogens is 2. The minimum atomic E-state index is -0.187. The van der Waals surface area contributed by atoms with E-state index in [9.17, 15) is 4.79 Å². The number of carbonyl (C=O) groups is 1. The van der Waals surface area contributed by atoms with Crippen molar-refractivity contribution < 1.29 is 9.53 Å². The van der Waals surface area contributed by atoms with E-state index in [2.05, 4.69) is 58.0 Å². The molecule has 5 nitrogen and oxygen atoms in total. The van der Waals surface area contributed by atoms with Crippen molar-refractivity contribution >= 4 is 11.6 Å². The van der Waals surface area contributed by atoms with E-state index in [4.69, 9.17) is 4.74 Å². The van der Waals surface area contributed by atoms with Gasteiger partial charge in [-0.2, -0.15) is 5.10 Å². The summed E-state index contributed by atoms with van der Waals surface area (Å²) in [5, 5.41) is 7.23. The van der Waals surface area contributed by atoms with Gasteiger partial charge in [0.2, 0.25) is 0 Å². The van der Waals surface area contributed by atoms with E-state index >= 15 is 0 Å². The largest absolute Gasteiger partial charge is 0.484 e. The van der Waals surface area contributed by atoms with Crippen LogP contribution in [0.5, 0.6) is 5.75 Å². The molecule has 0 aliphatic carbocycles. The van der Waals surface area contributed by atoms with Gasteiger partial charge >= 0.3 is 0 Å². The molecule has 1 heterocycles. The molecule has 1 N–H and O–H groups in total. The first-order chi connectivity index (χ1) is 12.3. The lowest BCUT2D eigenvalue weighted by Crippen LogP contribution is -2.22. The molecule has 2 aromatic rings. The molecule has 0 saturated carbocycles. The molecule has 0 aliphatic rings. The van der Waals surface area contributed by atoms with Gasteiger partial charge in [-0.1, -0.05) is 47.6 Å². The number of carbonyl (C=O) groups excluding carboxylic acids is 1. The Kier molecular flexibility index (Phi) is 5.74. The second-order valence-corrected chi connectivity index (χ2v) is 9.25. The van der Waals surface area contributed by atoms with Gasteiger partial charge in [0.05, 0.1) is 17.1 Å². The zero-order valence-electron chi connectivity index (χ0n) is 18.2. The van der Waals surface area contributed by atoms with Crippen LogP contribution in [0.4, 0.5) is 5.69 Å². The van der Waals surface area contributed by atoms with E-state index in [1.54, 1.807) is 4.68 Å². The molecule has 0 bridgehead atoms. The van der Waals surface area contributed by atoms with E-state index in [0.717, 1.165) is 22.8 Å². The molecule has 1 amide bonds. The summed E-state index contributed by atoms with van der Waals surface area (Å²) >= 11 is 0. The number of nitrogens with one attached hydrogen (secondary N) is 1. The molecule has 1 aromatic heterocycles. The van der Waals surface area contributed by atoms with E-state index < -0.39 is 0 Å². The van der Waals surface area contributed by atoms with E-state index in [0.29, 0.717) is 0 Å². The lowest BCUT2D eigenvalue weighted by molar-refractivity contribution is -0.118. The van der Waals surface area contributed by atoms with Crippen LogP contribution in [0, 0.1) is 13.8 Å². The van der Waals surface area contributed by atoms with Crippen LogP contribution in [0.15, 0.2) is 18.2 Å². The van der Waals surface area contributed by atoms with Crippen LogP contribution in [0.2, 0.25) is 0 Å². The van der Waals surface area contributed by atoms with Crippen molar-refractivity contribution in [3.05, 3.63) is 40.7 Å². The fourth-order valence-corrected chi connectivity index (χ4v) is 2.83. The molecular weight excluding hydrogens is 338 g/mol. The van der Waals surface area contributed by atoms with Crippen molar-refractivity contribution in [2.45, 2.75) is 66.2 Å².